The second-order valence-corrected chi connectivity index (χ2v) is 5.74. The minimum absolute atomic E-state index is 0.384. The molecule has 1 aliphatic rings. The summed E-state index contributed by atoms with van der Waals surface area (Å²) in [5.41, 5.74) is 8.74. The second kappa shape index (κ2) is 5.97. The highest BCUT2D eigenvalue weighted by Gasteiger charge is 2.22. The smallest absolute Gasteiger partial charge is 0.0670 e. The van der Waals surface area contributed by atoms with E-state index in [9.17, 15) is 0 Å². The van der Waals surface area contributed by atoms with Crippen LogP contribution in [0.1, 0.15) is 38.2 Å². The van der Waals surface area contributed by atoms with Crippen LogP contribution in [0.5, 0.6) is 0 Å². The van der Waals surface area contributed by atoms with Crippen LogP contribution < -0.4 is 10.6 Å². The van der Waals surface area contributed by atoms with Crippen LogP contribution in [0.4, 0.5) is 11.4 Å². The lowest BCUT2D eigenvalue weighted by atomic mass is 9.86. The van der Waals surface area contributed by atoms with Crippen molar-refractivity contribution < 1.29 is 0 Å². The first-order valence-electron chi connectivity index (χ1n) is 7.10. The maximum absolute atomic E-state index is 8.83. The maximum Gasteiger partial charge on any atom is 0.0670 e. The van der Waals surface area contributed by atoms with E-state index in [1.807, 2.05) is 6.07 Å². The van der Waals surface area contributed by atoms with Gasteiger partial charge in [-0.1, -0.05) is 6.92 Å². The van der Waals surface area contributed by atoms with E-state index in [-0.39, 0.29) is 0 Å². The molecule has 0 amide bonds. The Balaban J connectivity index is 2.12. The van der Waals surface area contributed by atoms with Crippen LogP contribution in [-0.4, -0.2) is 13.1 Å². The van der Waals surface area contributed by atoms with Crippen molar-refractivity contribution in [1.82, 2.24) is 0 Å². The number of nitrogens with zero attached hydrogens (tertiary/aromatic N) is 2. The van der Waals surface area contributed by atoms with Gasteiger partial charge >= 0.3 is 0 Å². The van der Waals surface area contributed by atoms with E-state index in [1.165, 1.54) is 31.4 Å². The van der Waals surface area contributed by atoms with E-state index in [0.29, 0.717) is 12.5 Å². The summed E-state index contributed by atoms with van der Waals surface area (Å²) in [6.07, 6.45) is 5.53. The Morgan fingerprint density at radius 3 is 2.63 bits per heavy atom. The standard InChI is InChI=1S/C16H23N3/c1-12-3-5-14(6-4-12)19(2)15-7-8-16(18)13(11-15)9-10-17/h7-8,11-12,14H,3-6,9,18H2,1-2H3. The molecular formula is C16H23N3. The summed E-state index contributed by atoms with van der Waals surface area (Å²) in [5.74, 6) is 0.866. The topological polar surface area (TPSA) is 53.0 Å². The van der Waals surface area contributed by atoms with E-state index in [0.717, 1.165) is 17.2 Å². The Hall–Kier alpha value is -1.69. The zero-order valence-corrected chi connectivity index (χ0v) is 11.9. The lowest BCUT2D eigenvalue weighted by molar-refractivity contribution is 0.341. The molecule has 0 spiro atoms. The molecule has 1 aromatic rings. The van der Waals surface area contributed by atoms with Gasteiger partial charge in [0.05, 0.1) is 12.5 Å². The summed E-state index contributed by atoms with van der Waals surface area (Å²) in [6.45, 7) is 2.34. The van der Waals surface area contributed by atoms with Crippen LogP contribution in [-0.2, 0) is 6.42 Å². The lowest BCUT2D eigenvalue weighted by Crippen LogP contribution is -2.34. The second-order valence-electron chi connectivity index (χ2n) is 5.74. The molecule has 1 fully saturated rings. The Bertz CT molecular complexity index is 467. The summed E-state index contributed by atoms with van der Waals surface area (Å²) in [7, 11) is 2.16. The summed E-state index contributed by atoms with van der Waals surface area (Å²) in [4.78, 5) is 2.35. The Kier molecular flexibility index (Phi) is 4.31. The molecule has 2 rings (SSSR count). The zero-order valence-electron chi connectivity index (χ0n) is 11.9. The normalized spacial score (nSPS) is 22.8. The number of nitrogens with two attached hydrogens (primary N) is 1. The first-order chi connectivity index (χ1) is 9.11. The fourth-order valence-corrected chi connectivity index (χ4v) is 2.89. The molecule has 0 heterocycles. The number of hydrogen-bond donors (Lipinski definition) is 1. The van der Waals surface area contributed by atoms with Crippen molar-refractivity contribution in [3.05, 3.63) is 23.8 Å². The van der Waals surface area contributed by atoms with E-state index in [2.05, 4.69) is 37.1 Å². The molecule has 0 bridgehead atoms. The van der Waals surface area contributed by atoms with Gasteiger partial charge in [0.1, 0.15) is 0 Å². The molecule has 3 nitrogen and oxygen atoms in total. The minimum Gasteiger partial charge on any atom is -0.398 e. The quantitative estimate of drug-likeness (QED) is 0.845. The van der Waals surface area contributed by atoms with Gasteiger partial charge < -0.3 is 10.6 Å². The SMILES string of the molecule is CC1CCC(N(C)c2ccc(N)c(CC#N)c2)CC1. The van der Waals surface area contributed by atoms with E-state index >= 15 is 0 Å². The Labute approximate surface area is 116 Å². The first-order valence-corrected chi connectivity index (χ1v) is 7.10. The summed E-state index contributed by atoms with van der Waals surface area (Å²) in [5, 5.41) is 8.83. The van der Waals surface area contributed by atoms with Gasteiger partial charge in [0.15, 0.2) is 0 Å². The Morgan fingerprint density at radius 2 is 2.00 bits per heavy atom. The molecular weight excluding hydrogens is 234 g/mol. The fourth-order valence-electron chi connectivity index (χ4n) is 2.89. The van der Waals surface area contributed by atoms with Crippen LogP contribution in [0.15, 0.2) is 18.2 Å². The van der Waals surface area contributed by atoms with Crippen molar-refractivity contribution in [1.29, 1.82) is 5.26 Å². The number of benzene rings is 1. The molecule has 1 saturated carbocycles. The third-order valence-electron chi connectivity index (χ3n) is 4.34. The van der Waals surface area contributed by atoms with Gasteiger partial charge in [0.25, 0.3) is 0 Å². The van der Waals surface area contributed by atoms with Crippen LogP contribution >= 0.6 is 0 Å². The molecule has 1 aromatic carbocycles. The predicted molar refractivity (Wildman–Crippen MR) is 80.0 cm³/mol. The number of rotatable bonds is 3. The summed E-state index contributed by atoms with van der Waals surface area (Å²) >= 11 is 0. The largest absolute Gasteiger partial charge is 0.398 e. The van der Waals surface area contributed by atoms with Crippen molar-refractivity contribution in [2.75, 3.05) is 17.7 Å². The molecule has 0 aliphatic heterocycles. The van der Waals surface area contributed by atoms with Crippen molar-refractivity contribution in [2.45, 2.75) is 45.1 Å². The maximum atomic E-state index is 8.83. The van der Waals surface area contributed by atoms with Crippen LogP contribution in [0, 0.1) is 17.2 Å². The van der Waals surface area contributed by atoms with Gasteiger partial charge in [-0.15, -0.1) is 0 Å². The van der Waals surface area contributed by atoms with E-state index < -0.39 is 0 Å². The number of nitrogen functional groups attached to an aromatic ring is 1. The van der Waals surface area contributed by atoms with Gasteiger partial charge in [-0.25, -0.2) is 0 Å². The molecule has 2 N–H and O–H groups in total. The molecule has 0 radical (unpaired) electrons. The molecule has 0 aromatic heterocycles. The molecule has 0 atom stereocenters. The van der Waals surface area contributed by atoms with Crippen molar-refractivity contribution >= 4 is 11.4 Å². The third-order valence-corrected chi connectivity index (χ3v) is 4.34. The van der Waals surface area contributed by atoms with E-state index in [4.69, 9.17) is 11.0 Å². The highest BCUT2D eigenvalue weighted by atomic mass is 15.1. The minimum atomic E-state index is 0.384. The number of hydrogen-bond acceptors (Lipinski definition) is 3. The van der Waals surface area contributed by atoms with Crippen molar-refractivity contribution in [3.8, 4) is 6.07 Å². The van der Waals surface area contributed by atoms with Crippen LogP contribution in [0.25, 0.3) is 0 Å². The number of anilines is 2. The Morgan fingerprint density at radius 1 is 1.32 bits per heavy atom. The molecule has 0 unspecified atom stereocenters. The average molecular weight is 257 g/mol. The molecule has 3 heteroatoms. The van der Waals surface area contributed by atoms with E-state index in [1.54, 1.807) is 0 Å². The molecule has 0 saturated heterocycles. The highest BCUT2D eigenvalue weighted by Crippen LogP contribution is 2.30. The summed E-state index contributed by atoms with van der Waals surface area (Å²) in [6, 6.07) is 8.85. The van der Waals surface area contributed by atoms with Crippen molar-refractivity contribution in [3.63, 3.8) is 0 Å². The predicted octanol–water partition coefficient (Wildman–Crippen LogP) is 3.35. The van der Waals surface area contributed by atoms with Gasteiger partial charge in [-0.2, -0.15) is 5.26 Å². The third kappa shape index (κ3) is 3.20. The molecule has 1 aliphatic carbocycles. The fraction of sp³-hybridized carbons (Fsp3) is 0.562. The van der Waals surface area contributed by atoms with Gasteiger partial charge in [0.2, 0.25) is 0 Å². The monoisotopic (exact) mass is 257 g/mol. The average Bonchev–Trinajstić information content (AvgIpc) is 2.41. The summed E-state index contributed by atoms with van der Waals surface area (Å²) < 4.78 is 0. The molecule has 19 heavy (non-hydrogen) atoms. The number of nitriles is 1. The van der Waals surface area contributed by atoms with Gasteiger partial charge in [-0.3, -0.25) is 0 Å². The zero-order chi connectivity index (χ0) is 13.8. The first kappa shape index (κ1) is 13.7. The molecule has 102 valence electrons. The van der Waals surface area contributed by atoms with Crippen LogP contribution in [0.2, 0.25) is 0 Å². The van der Waals surface area contributed by atoms with Crippen molar-refractivity contribution in [2.24, 2.45) is 5.92 Å². The van der Waals surface area contributed by atoms with Gasteiger partial charge in [-0.05, 0) is 55.4 Å². The lowest BCUT2D eigenvalue weighted by Gasteiger charge is -2.35. The highest BCUT2D eigenvalue weighted by molar-refractivity contribution is 5.59. The van der Waals surface area contributed by atoms with Gasteiger partial charge in [0, 0.05) is 24.5 Å². The van der Waals surface area contributed by atoms with Crippen LogP contribution in [0.3, 0.4) is 0 Å².